The maximum absolute atomic E-state index is 12.4. The Hall–Kier alpha value is -2.52. The molecule has 0 atom stereocenters. The van der Waals surface area contributed by atoms with Crippen LogP contribution in [0.2, 0.25) is 5.02 Å². The van der Waals surface area contributed by atoms with Gasteiger partial charge in [-0.05, 0) is 35.3 Å². The summed E-state index contributed by atoms with van der Waals surface area (Å²) in [6.07, 6.45) is 2.33. The van der Waals surface area contributed by atoms with Crippen molar-refractivity contribution in [2.24, 2.45) is 5.92 Å². The van der Waals surface area contributed by atoms with Gasteiger partial charge in [-0.1, -0.05) is 61.8 Å². The number of hydrogen-bond donors (Lipinski definition) is 1. The number of cyclic esters (lactones) is 1. The molecule has 4 heteroatoms. The topological polar surface area (TPSA) is 46.5 Å². The number of allylic oxidation sites excluding steroid dienone is 1. The molecule has 0 amide bonds. The third-order valence-electron chi connectivity index (χ3n) is 4.11. The van der Waals surface area contributed by atoms with E-state index in [-0.39, 0.29) is 22.7 Å². The Labute approximate surface area is 152 Å². The van der Waals surface area contributed by atoms with Crippen LogP contribution in [0.3, 0.4) is 0 Å². The second-order valence-corrected chi connectivity index (χ2v) is 6.73. The second kappa shape index (κ2) is 7.16. The van der Waals surface area contributed by atoms with Gasteiger partial charge in [0.15, 0.2) is 0 Å². The van der Waals surface area contributed by atoms with E-state index in [0.717, 1.165) is 16.7 Å². The van der Waals surface area contributed by atoms with Crippen molar-refractivity contribution >= 4 is 23.6 Å². The third kappa shape index (κ3) is 3.77. The minimum atomic E-state index is -0.302. The number of hydrogen-bond acceptors (Lipinski definition) is 3. The molecule has 0 aromatic heterocycles. The minimum Gasteiger partial charge on any atom is -0.506 e. The molecule has 128 valence electrons. The van der Waals surface area contributed by atoms with Crippen LogP contribution < -0.4 is 0 Å². The number of esters is 1. The predicted molar refractivity (Wildman–Crippen MR) is 99.2 cm³/mol. The molecular weight excluding hydrogens is 336 g/mol. The Morgan fingerprint density at radius 3 is 2.52 bits per heavy atom. The maximum Gasteiger partial charge on any atom is 0.340 e. The smallest absolute Gasteiger partial charge is 0.340 e. The van der Waals surface area contributed by atoms with E-state index in [2.05, 4.69) is 0 Å². The first kappa shape index (κ1) is 17.3. The Balaban J connectivity index is 2.01. The lowest BCUT2D eigenvalue weighted by molar-refractivity contribution is -0.133. The average Bonchev–Trinajstić information content (AvgIpc) is 2.87. The number of phenols is 1. The van der Waals surface area contributed by atoms with Crippen LogP contribution in [0.15, 0.2) is 65.4 Å². The van der Waals surface area contributed by atoms with E-state index >= 15 is 0 Å². The zero-order valence-electron chi connectivity index (χ0n) is 14.1. The molecule has 1 N–H and O–H groups in total. The van der Waals surface area contributed by atoms with Crippen LogP contribution in [0.1, 0.15) is 25.0 Å². The Kier molecular flexibility index (Phi) is 4.95. The highest BCUT2D eigenvalue weighted by Crippen LogP contribution is 2.35. The number of halogens is 1. The molecule has 0 bridgehead atoms. The highest BCUT2D eigenvalue weighted by Gasteiger charge is 2.31. The van der Waals surface area contributed by atoms with Crippen LogP contribution in [0.25, 0.3) is 6.08 Å². The molecule has 1 aliphatic heterocycles. The van der Waals surface area contributed by atoms with Crippen LogP contribution >= 0.6 is 11.6 Å². The lowest BCUT2D eigenvalue weighted by Gasteiger charge is -2.09. The van der Waals surface area contributed by atoms with Gasteiger partial charge in [-0.2, -0.15) is 0 Å². The Morgan fingerprint density at radius 2 is 1.88 bits per heavy atom. The van der Waals surface area contributed by atoms with E-state index < -0.39 is 0 Å². The highest BCUT2D eigenvalue weighted by atomic mass is 35.5. The third-order valence-corrected chi connectivity index (χ3v) is 4.41. The van der Waals surface area contributed by atoms with Crippen LogP contribution in [0.5, 0.6) is 5.75 Å². The van der Waals surface area contributed by atoms with Gasteiger partial charge < -0.3 is 9.84 Å². The number of benzene rings is 2. The summed E-state index contributed by atoms with van der Waals surface area (Å²) in [5.41, 5.74) is 3.45. The van der Waals surface area contributed by atoms with Crippen molar-refractivity contribution in [2.75, 3.05) is 0 Å². The zero-order chi connectivity index (χ0) is 18.0. The molecule has 3 nitrogen and oxygen atoms in total. The van der Waals surface area contributed by atoms with Crippen molar-refractivity contribution < 1.29 is 14.6 Å². The van der Waals surface area contributed by atoms with E-state index in [0.29, 0.717) is 17.8 Å². The van der Waals surface area contributed by atoms with E-state index in [1.54, 1.807) is 18.2 Å². The summed E-state index contributed by atoms with van der Waals surface area (Å²) in [5.74, 6) is 0.414. The molecule has 0 saturated heterocycles. The fourth-order valence-corrected chi connectivity index (χ4v) is 3.14. The van der Waals surface area contributed by atoms with Crippen LogP contribution in [0.4, 0.5) is 0 Å². The van der Waals surface area contributed by atoms with Crippen LogP contribution in [-0.4, -0.2) is 11.1 Å². The van der Waals surface area contributed by atoms with Gasteiger partial charge in [0.25, 0.3) is 0 Å². The summed E-state index contributed by atoms with van der Waals surface area (Å²) in [5, 5.41) is 9.81. The normalized spacial score (nSPS) is 16.0. The van der Waals surface area contributed by atoms with Crippen molar-refractivity contribution in [3.63, 3.8) is 0 Å². The molecule has 25 heavy (non-hydrogen) atoms. The molecule has 3 rings (SSSR count). The van der Waals surface area contributed by atoms with Crippen LogP contribution in [0, 0.1) is 5.92 Å². The molecule has 0 fully saturated rings. The van der Waals surface area contributed by atoms with Crippen molar-refractivity contribution in [1.29, 1.82) is 0 Å². The lowest BCUT2D eigenvalue weighted by atomic mass is 9.92. The number of aromatic hydroxyl groups is 1. The first-order valence-electron chi connectivity index (χ1n) is 8.15. The molecule has 0 unspecified atom stereocenters. The number of ether oxygens (including phenoxy) is 1. The molecule has 0 aliphatic carbocycles. The van der Waals surface area contributed by atoms with E-state index in [1.807, 2.05) is 44.2 Å². The number of rotatable bonds is 4. The average molecular weight is 355 g/mol. The summed E-state index contributed by atoms with van der Waals surface area (Å²) in [4.78, 5) is 12.4. The number of phenolic OH excluding ortho intramolecular Hbond substituents is 1. The molecule has 2 aromatic carbocycles. The molecule has 0 spiro atoms. The Morgan fingerprint density at radius 1 is 1.16 bits per heavy atom. The van der Waals surface area contributed by atoms with Gasteiger partial charge in [0.2, 0.25) is 0 Å². The first-order valence-corrected chi connectivity index (χ1v) is 8.53. The maximum atomic E-state index is 12.4. The molecule has 2 aromatic rings. The van der Waals surface area contributed by atoms with Crippen LogP contribution in [-0.2, 0) is 16.0 Å². The van der Waals surface area contributed by atoms with Crippen molar-refractivity contribution in [3.05, 3.63) is 81.6 Å². The monoisotopic (exact) mass is 354 g/mol. The van der Waals surface area contributed by atoms with Gasteiger partial charge >= 0.3 is 5.97 Å². The van der Waals surface area contributed by atoms with E-state index in [4.69, 9.17) is 16.3 Å². The lowest BCUT2D eigenvalue weighted by Crippen LogP contribution is -2.03. The van der Waals surface area contributed by atoms with Gasteiger partial charge in [0.05, 0.1) is 5.02 Å². The molecule has 0 radical (unpaired) electrons. The van der Waals surface area contributed by atoms with E-state index in [9.17, 15) is 9.90 Å². The Bertz CT molecular complexity index is 864. The van der Waals surface area contributed by atoms with Gasteiger partial charge in [0.1, 0.15) is 11.5 Å². The van der Waals surface area contributed by atoms with Gasteiger partial charge in [0, 0.05) is 17.6 Å². The van der Waals surface area contributed by atoms with Gasteiger partial charge in [-0.25, -0.2) is 4.79 Å². The summed E-state index contributed by atoms with van der Waals surface area (Å²) in [6, 6.07) is 14.8. The zero-order valence-corrected chi connectivity index (χ0v) is 14.9. The predicted octanol–water partition coefficient (Wildman–Crippen LogP) is 5.14. The largest absolute Gasteiger partial charge is 0.506 e. The fraction of sp³-hybridized carbons (Fsp3) is 0.190. The minimum absolute atomic E-state index is 0.0247. The second-order valence-electron chi connectivity index (χ2n) is 6.32. The SMILES string of the molecule is CC(C)C1=C(Cc2ccccc2)C(=O)OC1=Cc1ccc(O)c(Cl)c1. The number of carbonyl (C=O) groups excluding carboxylic acids is 1. The molecule has 0 saturated carbocycles. The fourth-order valence-electron chi connectivity index (χ4n) is 2.95. The first-order chi connectivity index (χ1) is 12.0. The van der Waals surface area contributed by atoms with Gasteiger partial charge in [-0.15, -0.1) is 0 Å². The van der Waals surface area contributed by atoms with E-state index in [1.165, 1.54) is 6.07 Å². The molecule has 1 aliphatic rings. The molecule has 1 heterocycles. The summed E-state index contributed by atoms with van der Waals surface area (Å²) >= 11 is 5.96. The van der Waals surface area contributed by atoms with Gasteiger partial charge in [-0.3, -0.25) is 0 Å². The van der Waals surface area contributed by atoms with Crippen molar-refractivity contribution in [2.45, 2.75) is 20.3 Å². The standard InChI is InChI=1S/C21H19ClO3/c1-13(2)20-16(10-14-6-4-3-5-7-14)21(24)25-19(20)12-15-8-9-18(23)17(22)11-15/h3-9,11-13,23H,10H2,1-2H3. The molecular formula is C21H19ClO3. The summed E-state index contributed by atoms with van der Waals surface area (Å²) in [7, 11) is 0. The summed E-state index contributed by atoms with van der Waals surface area (Å²) in [6.45, 7) is 4.08. The number of carbonyl (C=O) groups is 1. The summed E-state index contributed by atoms with van der Waals surface area (Å²) < 4.78 is 5.54. The van der Waals surface area contributed by atoms with Crippen molar-refractivity contribution in [1.82, 2.24) is 0 Å². The quantitative estimate of drug-likeness (QED) is 0.773. The highest BCUT2D eigenvalue weighted by molar-refractivity contribution is 6.32. The van der Waals surface area contributed by atoms with Crippen molar-refractivity contribution in [3.8, 4) is 5.75 Å².